The third kappa shape index (κ3) is 20.1. The highest BCUT2D eigenvalue weighted by atomic mass is 35.5. The van der Waals surface area contributed by atoms with Gasteiger partial charge in [-0.2, -0.15) is 0 Å². The number of thiocarbonyl (C=S) groups is 2. The van der Waals surface area contributed by atoms with E-state index in [0.717, 1.165) is 31.2 Å². The van der Waals surface area contributed by atoms with Crippen molar-refractivity contribution in [2.75, 3.05) is 26.2 Å². The third-order valence-corrected chi connectivity index (χ3v) is 4.97. The summed E-state index contributed by atoms with van der Waals surface area (Å²) in [7, 11) is 0. The standard InChI is InChI=1S/C9H17NO2S2.C6H13NS.C3H6O.ClH/c1-5-10(6-2)8(13)14-9(3,4)7(11)12;1-4-7(5-2)6(3)8;1-3(2)4;/h5-6H2,1-4H3,(H,11,12);4-5H2,1-3H3;1-2H3;1H. The first-order chi connectivity index (χ1) is 11.8. The number of carbonyl (C=O) groups excluding carboxylic acids is 1. The van der Waals surface area contributed by atoms with Crippen molar-refractivity contribution in [1.29, 1.82) is 0 Å². The summed E-state index contributed by atoms with van der Waals surface area (Å²) in [6.45, 7) is 20.3. The van der Waals surface area contributed by atoms with Crippen LogP contribution < -0.4 is 0 Å². The molecule has 0 saturated heterocycles. The van der Waals surface area contributed by atoms with E-state index in [0.29, 0.717) is 4.32 Å². The zero-order chi connectivity index (χ0) is 21.5. The topological polar surface area (TPSA) is 60.9 Å². The van der Waals surface area contributed by atoms with Crippen molar-refractivity contribution in [2.24, 2.45) is 0 Å². The predicted octanol–water partition coefficient (Wildman–Crippen LogP) is 4.90. The zero-order valence-corrected chi connectivity index (χ0v) is 21.4. The summed E-state index contributed by atoms with van der Waals surface area (Å²) in [6, 6.07) is 0. The number of hydrogen-bond acceptors (Lipinski definition) is 5. The number of carboxylic acids is 1. The van der Waals surface area contributed by atoms with E-state index >= 15 is 0 Å². The Morgan fingerprint density at radius 1 is 0.889 bits per heavy atom. The Bertz CT molecular complexity index is 449. The van der Waals surface area contributed by atoms with Crippen molar-refractivity contribution < 1.29 is 14.7 Å². The summed E-state index contributed by atoms with van der Waals surface area (Å²) in [5.41, 5.74) is 0. The van der Waals surface area contributed by atoms with E-state index < -0.39 is 10.7 Å². The Morgan fingerprint density at radius 2 is 1.19 bits per heavy atom. The first kappa shape index (κ1) is 34.1. The second-order valence-corrected chi connectivity index (χ2v) is 8.80. The summed E-state index contributed by atoms with van der Waals surface area (Å²) in [5.74, 6) is -0.669. The zero-order valence-electron chi connectivity index (χ0n) is 18.1. The highest BCUT2D eigenvalue weighted by Gasteiger charge is 2.30. The Kier molecular flexibility index (Phi) is 23.9. The molecule has 0 fully saturated rings. The lowest BCUT2D eigenvalue weighted by Crippen LogP contribution is -2.34. The molecule has 5 nitrogen and oxygen atoms in total. The molecule has 0 aliphatic heterocycles. The molecule has 0 bridgehead atoms. The van der Waals surface area contributed by atoms with Crippen molar-refractivity contribution >= 4 is 69.7 Å². The van der Waals surface area contributed by atoms with Crippen LogP contribution in [0.5, 0.6) is 0 Å². The van der Waals surface area contributed by atoms with Gasteiger partial charge in [-0.3, -0.25) is 4.79 Å². The SMILES string of the molecule is CC(C)=O.CCN(CC)C(=S)SC(C)(C)C(=O)O.CCN(CC)C(C)=S.Cl. The number of thioether (sulfide) groups is 1. The van der Waals surface area contributed by atoms with Gasteiger partial charge in [0.1, 0.15) is 14.9 Å². The molecular formula is C18H37ClN2O3S3. The van der Waals surface area contributed by atoms with Gasteiger partial charge in [-0.1, -0.05) is 36.2 Å². The van der Waals surface area contributed by atoms with Crippen molar-refractivity contribution in [3.05, 3.63) is 0 Å². The molecule has 0 radical (unpaired) electrons. The van der Waals surface area contributed by atoms with Gasteiger partial charge in [0.05, 0.1) is 4.99 Å². The molecule has 0 heterocycles. The van der Waals surface area contributed by atoms with E-state index in [-0.39, 0.29) is 18.2 Å². The van der Waals surface area contributed by atoms with Gasteiger partial charge >= 0.3 is 5.97 Å². The lowest BCUT2D eigenvalue weighted by molar-refractivity contribution is -0.138. The molecule has 0 aromatic carbocycles. The molecule has 1 N–H and O–H groups in total. The molecule has 162 valence electrons. The number of nitrogens with zero attached hydrogens (tertiary/aromatic N) is 2. The fraction of sp³-hybridized carbons (Fsp3) is 0.778. The van der Waals surface area contributed by atoms with Crippen LogP contribution in [0.15, 0.2) is 0 Å². The maximum absolute atomic E-state index is 10.9. The molecule has 9 heteroatoms. The Morgan fingerprint density at radius 3 is 1.33 bits per heavy atom. The van der Waals surface area contributed by atoms with Crippen LogP contribution in [0.4, 0.5) is 0 Å². The van der Waals surface area contributed by atoms with Crippen LogP contribution in [0.1, 0.15) is 62.3 Å². The van der Waals surface area contributed by atoms with E-state index in [1.165, 1.54) is 25.6 Å². The second-order valence-electron chi connectivity index (χ2n) is 5.96. The normalized spacial score (nSPS) is 9.37. The van der Waals surface area contributed by atoms with Crippen molar-refractivity contribution in [2.45, 2.75) is 67.1 Å². The third-order valence-electron chi connectivity index (χ3n) is 3.09. The smallest absolute Gasteiger partial charge is 0.319 e. The molecule has 0 spiro atoms. The minimum atomic E-state index is -0.848. The average Bonchev–Trinajstić information content (AvgIpc) is 2.48. The highest BCUT2D eigenvalue weighted by molar-refractivity contribution is 8.24. The lowest BCUT2D eigenvalue weighted by atomic mass is 10.2. The van der Waals surface area contributed by atoms with Crippen LogP contribution in [0, 0.1) is 0 Å². The summed E-state index contributed by atoms with van der Waals surface area (Å²) in [4.78, 5) is 25.4. The minimum Gasteiger partial charge on any atom is -0.480 e. The minimum absolute atomic E-state index is 0. The molecular weight excluding hydrogens is 424 g/mol. The molecule has 0 rings (SSSR count). The van der Waals surface area contributed by atoms with Crippen molar-refractivity contribution in [3.8, 4) is 0 Å². The van der Waals surface area contributed by atoms with Gasteiger partial charge in [0.25, 0.3) is 0 Å². The quantitative estimate of drug-likeness (QED) is 0.561. The number of Topliss-reactive ketones (excluding diaryl/α,β-unsaturated/α-hetero) is 1. The number of carboxylic acid groups (broad SMARTS) is 1. The van der Waals surface area contributed by atoms with Crippen LogP contribution in [0.2, 0.25) is 0 Å². The lowest BCUT2D eigenvalue weighted by Gasteiger charge is -2.26. The van der Waals surface area contributed by atoms with Crippen LogP contribution in [-0.4, -0.2) is 66.9 Å². The van der Waals surface area contributed by atoms with Gasteiger partial charge in [0.15, 0.2) is 0 Å². The molecule has 0 saturated carbocycles. The average molecular weight is 461 g/mol. The molecule has 0 aromatic heterocycles. The van der Waals surface area contributed by atoms with Gasteiger partial charge in [-0.15, -0.1) is 12.4 Å². The number of rotatable bonds is 6. The number of hydrogen-bond donors (Lipinski definition) is 1. The van der Waals surface area contributed by atoms with Crippen LogP contribution in [-0.2, 0) is 9.59 Å². The maximum atomic E-state index is 10.9. The number of halogens is 1. The second kappa shape index (κ2) is 18.9. The number of aliphatic carboxylic acids is 1. The van der Waals surface area contributed by atoms with Gasteiger partial charge < -0.3 is 19.7 Å². The van der Waals surface area contributed by atoms with Gasteiger partial charge in [-0.25, -0.2) is 0 Å². The van der Waals surface area contributed by atoms with Crippen molar-refractivity contribution in [3.63, 3.8) is 0 Å². The van der Waals surface area contributed by atoms with E-state index in [1.807, 2.05) is 25.7 Å². The summed E-state index contributed by atoms with van der Waals surface area (Å²) in [5, 5.41) is 8.92. The molecule has 0 aliphatic rings. The van der Waals surface area contributed by atoms with Crippen LogP contribution in [0.3, 0.4) is 0 Å². The van der Waals surface area contributed by atoms with Gasteiger partial charge in [0.2, 0.25) is 0 Å². The first-order valence-electron chi connectivity index (χ1n) is 8.74. The Labute approximate surface area is 187 Å². The van der Waals surface area contributed by atoms with Gasteiger partial charge in [-0.05, 0) is 62.3 Å². The Balaban J connectivity index is -0.000000172. The maximum Gasteiger partial charge on any atom is 0.319 e. The molecule has 0 aliphatic carbocycles. The van der Waals surface area contributed by atoms with E-state index in [1.54, 1.807) is 13.8 Å². The molecule has 0 amide bonds. The summed E-state index contributed by atoms with van der Waals surface area (Å²) in [6.07, 6.45) is 0. The van der Waals surface area contributed by atoms with E-state index in [9.17, 15) is 9.59 Å². The molecule has 0 aromatic rings. The molecule has 27 heavy (non-hydrogen) atoms. The summed E-state index contributed by atoms with van der Waals surface area (Å²) < 4.78 is -0.193. The fourth-order valence-corrected chi connectivity index (χ4v) is 3.53. The monoisotopic (exact) mass is 460 g/mol. The van der Waals surface area contributed by atoms with E-state index in [2.05, 4.69) is 18.7 Å². The fourth-order valence-electron chi connectivity index (χ4n) is 1.48. The number of ketones is 1. The van der Waals surface area contributed by atoms with Gasteiger partial charge in [0, 0.05) is 26.2 Å². The predicted molar refractivity (Wildman–Crippen MR) is 130 cm³/mol. The molecule has 0 atom stereocenters. The first-order valence-corrected chi connectivity index (χ1v) is 10.4. The van der Waals surface area contributed by atoms with Crippen molar-refractivity contribution in [1.82, 2.24) is 9.80 Å². The van der Waals surface area contributed by atoms with Crippen LogP contribution >= 0.6 is 48.6 Å². The van der Waals surface area contributed by atoms with E-state index in [4.69, 9.17) is 29.5 Å². The highest BCUT2D eigenvalue weighted by Crippen LogP contribution is 2.27. The van der Waals surface area contributed by atoms with Crippen LogP contribution in [0.25, 0.3) is 0 Å². The summed E-state index contributed by atoms with van der Waals surface area (Å²) >= 11 is 11.3. The molecule has 0 unspecified atom stereocenters. The Hall–Kier alpha value is -0.440. The number of carbonyl (C=O) groups is 2. The largest absolute Gasteiger partial charge is 0.480 e.